The van der Waals surface area contributed by atoms with Crippen LogP contribution in [0.1, 0.15) is 15.4 Å². The number of aromatic nitrogens is 4. The van der Waals surface area contributed by atoms with Gasteiger partial charge in [0.1, 0.15) is 6.33 Å². The fraction of sp³-hybridized carbons (Fsp3) is 0.0588. The Kier molecular flexibility index (Phi) is 4.11. The van der Waals surface area contributed by atoms with Crippen molar-refractivity contribution in [2.75, 3.05) is 5.32 Å². The van der Waals surface area contributed by atoms with Gasteiger partial charge in [0.2, 0.25) is 10.1 Å². The van der Waals surface area contributed by atoms with E-state index < -0.39 is 17.1 Å². The maximum Gasteiger partial charge on any atom is 0.445 e. The van der Waals surface area contributed by atoms with E-state index in [1.807, 2.05) is 28.8 Å². The molecule has 2 aromatic carbocycles. The minimum Gasteiger partial charge on any atom is -0.299 e. The summed E-state index contributed by atoms with van der Waals surface area (Å²) in [5, 5.41) is 7.37. The van der Waals surface area contributed by atoms with Gasteiger partial charge in [0.25, 0.3) is 5.91 Å². The molecule has 0 aliphatic carbocycles. The summed E-state index contributed by atoms with van der Waals surface area (Å²) in [6, 6.07) is 14.2. The third-order valence-electron chi connectivity index (χ3n) is 3.75. The maximum atomic E-state index is 12.5. The first-order chi connectivity index (χ1) is 12.9. The fourth-order valence-corrected chi connectivity index (χ4v) is 3.10. The van der Waals surface area contributed by atoms with E-state index in [0.29, 0.717) is 0 Å². The molecule has 27 heavy (non-hydrogen) atoms. The lowest BCUT2D eigenvalue weighted by Crippen LogP contribution is -2.11. The van der Waals surface area contributed by atoms with Gasteiger partial charge in [-0.25, -0.2) is 4.98 Å². The molecule has 2 aromatic heterocycles. The van der Waals surface area contributed by atoms with Crippen LogP contribution < -0.4 is 5.32 Å². The van der Waals surface area contributed by atoms with Crippen molar-refractivity contribution in [2.24, 2.45) is 0 Å². The van der Waals surface area contributed by atoms with Crippen molar-refractivity contribution < 1.29 is 18.0 Å². The molecule has 0 aliphatic rings. The lowest BCUT2D eigenvalue weighted by molar-refractivity contribution is -0.138. The van der Waals surface area contributed by atoms with Crippen LogP contribution in [0.5, 0.6) is 0 Å². The van der Waals surface area contributed by atoms with Crippen LogP contribution in [0.2, 0.25) is 0 Å². The summed E-state index contributed by atoms with van der Waals surface area (Å²) in [5.74, 6) is -0.568. The van der Waals surface area contributed by atoms with Gasteiger partial charge in [0.15, 0.2) is 0 Å². The summed E-state index contributed by atoms with van der Waals surface area (Å²) in [7, 11) is 0. The molecule has 0 radical (unpaired) electrons. The van der Waals surface area contributed by atoms with Crippen molar-refractivity contribution >= 4 is 33.4 Å². The van der Waals surface area contributed by atoms with Crippen LogP contribution in [-0.2, 0) is 6.18 Å². The van der Waals surface area contributed by atoms with Crippen LogP contribution in [0.4, 0.5) is 18.3 Å². The number of carbonyl (C=O) groups is 1. The Morgan fingerprint density at radius 2 is 1.78 bits per heavy atom. The Balaban J connectivity index is 1.53. The van der Waals surface area contributed by atoms with Crippen molar-refractivity contribution in [1.29, 1.82) is 0 Å². The summed E-state index contributed by atoms with van der Waals surface area (Å²) < 4.78 is 39.5. The molecule has 0 bridgehead atoms. The fourth-order valence-electron chi connectivity index (χ4n) is 2.50. The summed E-state index contributed by atoms with van der Waals surface area (Å²) in [5.41, 5.74) is 2.85. The standard InChI is InChI=1S/C17H10F3N5OS/c18-17(19,20)15-23-24-16(27-15)22-14(26)10-5-7-11(8-6-10)25-9-21-12-3-1-2-4-13(12)25/h1-9H,(H,22,24,26). The molecule has 0 saturated heterocycles. The minimum atomic E-state index is -4.59. The number of alkyl halides is 3. The smallest absolute Gasteiger partial charge is 0.299 e. The molecule has 0 spiro atoms. The average Bonchev–Trinajstić information content (AvgIpc) is 3.28. The van der Waals surface area contributed by atoms with E-state index in [9.17, 15) is 18.0 Å². The molecular weight excluding hydrogens is 379 g/mol. The van der Waals surface area contributed by atoms with Gasteiger partial charge in [-0.2, -0.15) is 13.2 Å². The second-order valence-corrected chi connectivity index (χ2v) is 6.49. The lowest BCUT2D eigenvalue weighted by Gasteiger charge is -2.06. The number of imidazole rings is 1. The second-order valence-electron chi connectivity index (χ2n) is 5.51. The summed E-state index contributed by atoms with van der Waals surface area (Å²) in [6.45, 7) is 0. The van der Waals surface area contributed by atoms with Crippen LogP contribution >= 0.6 is 11.3 Å². The van der Waals surface area contributed by atoms with Crippen molar-refractivity contribution in [2.45, 2.75) is 6.18 Å². The Hall–Kier alpha value is -3.27. The Bertz CT molecular complexity index is 1120. The number of nitrogens with zero attached hydrogens (tertiary/aromatic N) is 4. The number of halogens is 3. The molecule has 0 atom stereocenters. The predicted molar refractivity (Wildman–Crippen MR) is 93.9 cm³/mol. The molecule has 0 fully saturated rings. The SMILES string of the molecule is O=C(Nc1nnc(C(F)(F)F)s1)c1ccc(-n2cnc3ccccc32)cc1. The van der Waals surface area contributed by atoms with Crippen molar-refractivity contribution in [3.05, 3.63) is 65.4 Å². The monoisotopic (exact) mass is 389 g/mol. The number of fused-ring (bicyclic) bond motifs is 1. The molecule has 4 aromatic rings. The van der Waals surface area contributed by atoms with E-state index in [1.54, 1.807) is 30.6 Å². The zero-order valence-electron chi connectivity index (χ0n) is 13.4. The van der Waals surface area contributed by atoms with E-state index in [-0.39, 0.29) is 22.0 Å². The van der Waals surface area contributed by atoms with Gasteiger partial charge in [-0.05, 0) is 36.4 Å². The first-order valence-corrected chi connectivity index (χ1v) is 8.48. The highest BCUT2D eigenvalue weighted by Crippen LogP contribution is 2.33. The molecule has 6 nitrogen and oxygen atoms in total. The molecule has 1 amide bonds. The molecule has 4 rings (SSSR count). The third-order valence-corrected chi connectivity index (χ3v) is 4.63. The van der Waals surface area contributed by atoms with Crippen molar-refractivity contribution in [3.8, 4) is 5.69 Å². The van der Waals surface area contributed by atoms with Crippen molar-refractivity contribution in [1.82, 2.24) is 19.7 Å². The van der Waals surface area contributed by atoms with Crippen LogP contribution in [0.3, 0.4) is 0 Å². The van der Waals surface area contributed by atoms with Gasteiger partial charge in [-0.3, -0.25) is 14.7 Å². The number of rotatable bonds is 3. The highest BCUT2D eigenvalue weighted by atomic mass is 32.1. The Morgan fingerprint density at radius 1 is 1.04 bits per heavy atom. The normalized spacial score (nSPS) is 11.7. The van der Waals surface area contributed by atoms with E-state index in [2.05, 4.69) is 20.5 Å². The number of hydrogen-bond donors (Lipinski definition) is 1. The Labute approximate surface area is 154 Å². The zero-order chi connectivity index (χ0) is 19.0. The minimum absolute atomic E-state index is 0.211. The third kappa shape index (κ3) is 3.38. The molecule has 10 heteroatoms. The molecule has 1 N–H and O–H groups in total. The zero-order valence-corrected chi connectivity index (χ0v) is 14.3. The first kappa shape index (κ1) is 17.2. The number of hydrogen-bond acceptors (Lipinski definition) is 5. The molecule has 136 valence electrons. The van der Waals surface area contributed by atoms with Crippen LogP contribution in [0.15, 0.2) is 54.9 Å². The average molecular weight is 389 g/mol. The topological polar surface area (TPSA) is 72.7 Å². The van der Waals surface area contributed by atoms with E-state index >= 15 is 0 Å². The van der Waals surface area contributed by atoms with Gasteiger partial charge in [-0.1, -0.05) is 23.5 Å². The van der Waals surface area contributed by atoms with Crippen LogP contribution in [-0.4, -0.2) is 25.7 Å². The Morgan fingerprint density at radius 3 is 2.48 bits per heavy atom. The number of carbonyl (C=O) groups excluding carboxylic acids is 1. The van der Waals surface area contributed by atoms with Gasteiger partial charge >= 0.3 is 6.18 Å². The highest BCUT2D eigenvalue weighted by molar-refractivity contribution is 7.15. The quantitative estimate of drug-likeness (QED) is 0.571. The van der Waals surface area contributed by atoms with Gasteiger partial charge in [0.05, 0.1) is 11.0 Å². The first-order valence-electron chi connectivity index (χ1n) is 7.66. The largest absolute Gasteiger partial charge is 0.445 e. The maximum absolute atomic E-state index is 12.5. The number of nitrogens with one attached hydrogen (secondary N) is 1. The van der Waals surface area contributed by atoms with E-state index in [1.165, 1.54) is 0 Å². The van der Waals surface area contributed by atoms with Gasteiger partial charge < -0.3 is 0 Å². The van der Waals surface area contributed by atoms with Gasteiger partial charge in [0, 0.05) is 11.3 Å². The highest BCUT2D eigenvalue weighted by Gasteiger charge is 2.35. The number of anilines is 1. The van der Waals surface area contributed by atoms with Crippen LogP contribution in [0, 0.1) is 0 Å². The van der Waals surface area contributed by atoms with E-state index in [0.717, 1.165) is 16.7 Å². The molecule has 0 unspecified atom stereocenters. The molecule has 0 saturated carbocycles. The molecular formula is C17H10F3N5OS. The summed E-state index contributed by atoms with van der Waals surface area (Å²) in [4.78, 5) is 16.5. The number of para-hydroxylation sites is 2. The second kappa shape index (κ2) is 6.47. The van der Waals surface area contributed by atoms with E-state index in [4.69, 9.17) is 0 Å². The predicted octanol–water partition coefficient (Wildman–Crippen LogP) is 4.15. The van der Waals surface area contributed by atoms with Crippen molar-refractivity contribution in [3.63, 3.8) is 0 Å². The molecule has 2 heterocycles. The van der Waals surface area contributed by atoms with Crippen LogP contribution in [0.25, 0.3) is 16.7 Å². The van der Waals surface area contributed by atoms with Gasteiger partial charge in [-0.15, -0.1) is 10.2 Å². The lowest BCUT2D eigenvalue weighted by atomic mass is 10.2. The summed E-state index contributed by atoms with van der Waals surface area (Å²) in [6.07, 6.45) is -2.91. The number of amides is 1. The molecule has 0 aliphatic heterocycles. The number of benzene rings is 2. The summed E-state index contributed by atoms with van der Waals surface area (Å²) >= 11 is 0.274.